The zero-order chi connectivity index (χ0) is 18.3. The first kappa shape index (κ1) is 17.1. The largest absolute Gasteiger partial charge is 0.276 e. The molecule has 6 rings (SSSR count). The van der Waals surface area contributed by atoms with E-state index >= 15 is 0 Å². The van der Waals surface area contributed by atoms with Crippen LogP contribution in [0.4, 0.5) is 0 Å². The fraction of sp³-hybridized carbons (Fsp3) is 0.333. The SMILES string of the molecule is Clc1ccccc1/C=N/N=C(c1ccccc1)C12CN3CN(CN(C3)C1)C2. The highest BCUT2D eigenvalue weighted by Gasteiger charge is 2.51. The molecule has 4 bridgehead atoms. The summed E-state index contributed by atoms with van der Waals surface area (Å²) < 4.78 is 0. The number of hydrogen-bond donors (Lipinski definition) is 0. The summed E-state index contributed by atoms with van der Waals surface area (Å²) in [6.07, 6.45) is 1.76. The number of benzene rings is 2. The van der Waals surface area contributed by atoms with E-state index in [1.54, 1.807) is 6.21 Å². The molecule has 4 aliphatic rings. The van der Waals surface area contributed by atoms with E-state index in [9.17, 15) is 0 Å². The summed E-state index contributed by atoms with van der Waals surface area (Å²) in [6.45, 7) is 6.29. The van der Waals surface area contributed by atoms with Gasteiger partial charge in [-0.1, -0.05) is 60.1 Å². The first-order valence-electron chi connectivity index (χ1n) is 9.30. The van der Waals surface area contributed by atoms with E-state index in [1.165, 1.54) is 0 Å². The van der Waals surface area contributed by atoms with Crippen LogP contribution in [0, 0.1) is 5.41 Å². The van der Waals surface area contributed by atoms with Gasteiger partial charge in [0.15, 0.2) is 0 Å². The Morgan fingerprint density at radius 2 is 1.44 bits per heavy atom. The van der Waals surface area contributed by atoms with Crippen molar-refractivity contribution in [3.63, 3.8) is 0 Å². The predicted octanol–water partition coefficient (Wildman–Crippen LogP) is 2.97. The van der Waals surface area contributed by atoms with Crippen LogP contribution in [-0.4, -0.2) is 66.3 Å². The molecule has 2 aromatic carbocycles. The van der Waals surface area contributed by atoms with Gasteiger partial charge in [0.1, 0.15) is 0 Å². The lowest BCUT2D eigenvalue weighted by molar-refractivity contribution is -0.149. The number of halogens is 1. The van der Waals surface area contributed by atoms with Crippen LogP contribution in [0.25, 0.3) is 0 Å². The Morgan fingerprint density at radius 3 is 2.07 bits per heavy atom. The molecule has 0 unspecified atom stereocenters. The molecule has 4 aliphatic heterocycles. The molecule has 0 amide bonds. The zero-order valence-corrected chi connectivity index (χ0v) is 15.9. The van der Waals surface area contributed by atoms with Crippen molar-refractivity contribution in [3.05, 3.63) is 70.7 Å². The lowest BCUT2D eigenvalue weighted by Crippen LogP contribution is -2.74. The molecule has 6 heteroatoms. The van der Waals surface area contributed by atoms with Crippen LogP contribution in [0.3, 0.4) is 0 Å². The summed E-state index contributed by atoms with van der Waals surface area (Å²) in [6, 6.07) is 18.2. The van der Waals surface area contributed by atoms with Crippen LogP contribution in [0.5, 0.6) is 0 Å². The summed E-state index contributed by atoms with van der Waals surface area (Å²) >= 11 is 6.25. The van der Waals surface area contributed by atoms with Gasteiger partial charge < -0.3 is 0 Å². The Balaban J connectivity index is 1.53. The van der Waals surface area contributed by atoms with Gasteiger partial charge in [0, 0.05) is 30.2 Å². The molecule has 4 heterocycles. The molecule has 27 heavy (non-hydrogen) atoms. The van der Waals surface area contributed by atoms with Gasteiger partial charge in [-0.05, 0) is 11.6 Å². The maximum atomic E-state index is 6.25. The second-order valence-electron chi connectivity index (χ2n) is 7.77. The van der Waals surface area contributed by atoms with Crippen molar-refractivity contribution < 1.29 is 0 Å². The normalized spacial score (nSPS) is 32.3. The first-order chi connectivity index (χ1) is 13.2. The van der Waals surface area contributed by atoms with Crippen LogP contribution in [0.15, 0.2) is 64.8 Å². The van der Waals surface area contributed by atoms with E-state index in [1.807, 2.05) is 30.3 Å². The first-order valence-corrected chi connectivity index (χ1v) is 9.68. The monoisotopic (exact) mass is 379 g/mol. The van der Waals surface area contributed by atoms with Crippen molar-refractivity contribution in [2.24, 2.45) is 15.6 Å². The van der Waals surface area contributed by atoms with E-state index in [0.29, 0.717) is 5.02 Å². The van der Waals surface area contributed by atoms with Gasteiger partial charge in [0.25, 0.3) is 0 Å². The summed E-state index contributed by atoms with van der Waals surface area (Å²) in [5, 5.41) is 9.92. The van der Waals surface area contributed by atoms with Crippen LogP contribution < -0.4 is 0 Å². The van der Waals surface area contributed by atoms with E-state index in [-0.39, 0.29) is 5.41 Å². The molecule has 138 valence electrons. The molecular weight excluding hydrogens is 358 g/mol. The van der Waals surface area contributed by atoms with Crippen molar-refractivity contribution >= 4 is 23.5 Å². The van der Waals surface area contributed by atoms with E-state index < -0.39 is 0 Å². The zero-order valence-electron chi connectivity index (χ0n) is 15.1. The molecule has 0 aromatic heterocycles. The van der Waals surface area contributed by atoms with E-state index in [4.69, 9.17) is 16.7 Å². The molecule has 0 radical (unpaired) electrons. The third-order valence-corrected chi connectivity index (χ3v) is 5.93. The minimum Gasteiger partial charge on any atom is -0.276 e. The highest BCUT2D eigenvalue weighted by molar-refractivity contribution is 6.33. The van der Waals surface area contributed by atoms with Gasteiger partial charge in [-0.25, -0.2) is 0 Å². The van der Waals surface area contributed by atoms with Gasteiger partial charge in [-0.15, -0.1) is 0 Å². The molecule has 4 fully saturated rings. The maximum Gasteiger partial charge on any atom is 0.0802 e. The molecule has 0 atom stereocenters. The van der Waals surface area contributed by atoms with Gasteiger partial charge in [-0.3, -0.25) is 14.7 Å². The second-order valence-corrected chi connectivity index (χ2v) is 8.18. The highest BCUT2D eigenvalue weighted by Crippen LogP contribution is 2.38. The Morgan fingerprint density at radius 1 is 0.852 bits per heavy atom. The van der Waals surface area contributed by atoms with Crippen molar-refractivity contribution in [3.8, 4) is 0 Å². The average Bonchev–Trinajstić information content (AvgIpc) is 2.66. The summed E-state index contributed by atoms with van der Waals surface area (Å²) in [5.41, 5.74) is 3.11. The molecule has 0 saturated carbocycles. The van der Waals surface area contributed by atoms with Crippen molar-refractivity contribution in [1.82, 2.24) is 14.7 Å². The Kier molecular flexibility index (Phi) is 4.32. The Bertz CT molecular complexity index is 857. The van der Waals surface area contributed by atoms with Crippen molar-refractivity contribution in [2.45, 2.75) is 0 Å². The quantitative estimate of drug-likeness (QED) is 0.605. The summed E-state index contributed by atoms with van der Waals surface area (Å²) in [4.78, 5) is 7.52. The summed E-state index contributed by atoms with van der Waals surface area (Å²) in [5.74, 6) is 0. The minimum atomic E-state index is -0.00603. The lowest BCUT2D eigenvalue weighted by atomic mass is 9.74. The third kappa shape index (κ3) is 3.21. The Hall–Kier alpha value is -2.05. The predicted molar refractivity (Wildman–Crippen MR) is 109 cm³/mol. The van der Waals surface area contributed by atoms with Crippen molar-refractivity contribution in [1.29, 1.82) is 0 Å². The molecule has 2 aromatic rings. The molecule has 0 aliphatic carbocycles. The second kappa shape index (κ2) is 6.84. The van der Waals surface area contributed by atoms with Crippen LogP contribution >= 0.6 is 11.6 Å². The van der Waals surface area contributed by atoms with E-state index in [2.05, 4.69) is 44.1 Å². The molecule has 0 N–H and O–H groups in total. The topological polar surface area (TPSA) is 34.4 Å². The number of nitrogens with zero attached hydrogens (tertiary/aromatic N) is 5. The van der Waals surface area contributed by atoms with Crippen LogP contribution in [0.2, 0.25) is 5.02 Å². The molecule has 0 spiro atoms. The molecule has 4 saturated heterocycles. The fourth-order valence-corrected chi connectivity index (χ4v) is 4.92. The number of hydrogen-bond acceptors (Lipinski definition) is 5. The van der Waals surface area contributed by atoms with Crippen LogP contribution in [0.1, 0.15) is 11.1 Å². The summed E-state index contributed by atoms with van der Waals surface area (Å²) in [7, 11) is 0. The van der Waals surface area contributed by atoms with Crippen molar-refractivity contribution in [2.75, 3.05) is 39.6 Å². The number of rotatable bonds is 4. The van der Waals surface area contributed by atoms with E-state index in [0.717, 1.165) is 56.5 Å². The lowest BCUT2D eigenvalue weighted by Gasteiger charge is -2.60. The van der Waals surface area contributed by atoms with Gasteiger partial charge in [0.05, 0.1) is 37.3 Å². The molecular formula is C21H22ClN5. The average molecular weight is 380 g/mol. The third-order valence-electron chi connectivity index (χ3n) is 5.59. The molecule has 5 nitrogen and oxygen atoms in total. The maximum absolute atomic E-state index is 6.25. The Labute approximate surface area is 164 Å². The highest BCUT2D eigenvalue weighted by atomic mass is 35.5. The minimum absolute atomic E-state index is 0.00603. The smallest absolute Gasteiger partial charge is 0.0802 e. The van der Waals surface area contributed by atoms with Gasteiger partial charge in [-0.2, -0.15) is 10.2 Å². The van der Waals surface area contributed by atoms with Crippen LogP contribution in [-0.2, 0) is 0 Å². The van der Waals surface area contributed by atoms with Gasteiger partial charge in [0.2, 0.25) is 0 Å². The van der Waals surface area contributed by atoms with Gasteiger partial charge >= 0.3 is 0 Å². The standard InChI is InChI=1S/C21H22ClN5/c22-19-9-5-4-8-18(19)10-23-24-20(17-6-2-1-3-7-17)21-11-25-14-26(12-21)16-27(13-21)15-25/h1-10H,11-16H2/b23-10+,24-20?. The fourth-order valence-electron chi connectivity index (χ4n) is 4.74.